The molecular weight excluding hydrogens is 436 g/mol. The van der Waals surface area contributed by atoms with E-state index >= 15 is 0 Å². The molecule has 0 heterocycles. The van der Waals surface area contributed by atoms with Gasteiger partial charge in [-0.1, -0.05) is 57.6 Å². The lowest BCUT2D eigenvalue weighted by Crippen LogP contribution is -2.54. The minimum Gasteiger partial charge on any atom is -0.544 e. The molecule has 8 nitrogen and oxygen atoms in total. The molecule has 0 saturated heterocycles. The van der Waals surface area contributed by atoms with E-state index in [0.717, 1.165) is 70.6 Å². The Labute approximate surface area is 206 Å². The molecule has 0 bridgehead atoms. The van der Waals surface area contributed by atoms with Crippen LogP contribution < -0.4 is 10.8 Å². The number of rotatable bonds is 20. The molecule has 0 aliphatic carbocycles. The highest BCUT2D eigenvalue weighted by Gasteiger charge is 2.23. The maximum atomic E-state index is 10.6. The van der Waals surface area contributed by atoms with E-state index in [1.54, 1.807) is 0 Å². The predicted molar refractivity (Wildman–Crippen MR) is 134 cm³/mol. The van der Waals surface area contributed by atoms with Crippen molar-refractivity contribution in [3.05, 3.63) is 12.2 Å². The van der Waals surface area contributed by atoms with Crippen molar-refractivity contribution >= 4 is 17.8 Å². The third-order valence-corrected chi connectivity index (χ3v) is 5.57. The van der Waals surface area contributed by atoms with Crippen LogP contribution in [-0.2, 0) is 14.4 Å². The van der Waals surface area contributed by atoms with Crippen LogP contribution in [0.25, 0.3) is 0 Å². The van der Waals surface area contributed by atoms with E-state index in [1.165, 1.54) is 0 Å². The zero-order valence-corrected chi connectivity index (χ0v) is 22.0. The number of allylic oxidation sites excluding steroid dienone is 1. The first-order chi connectivity index (χ1) is 15.9. The van der Waals surface area contributed by atoms with E-state index in [9.17, 15) is 24.6 Å². The second-order valence-corrected chi connectivity index (χ2v) is 9.87. The van der Waals surface area contributed by atoms with Crippen molar-refractivity contribution in [1.29, 1.82) is 0 Å². The lowest BCUT2D eigenvalue weighted by atomic mass is 10.1. The van der Waals surface area contributed by atoms with Gasteiger partial charge in [-0.25, -0.2) is 0 Å². The summed E-state index contributed by atoms with van der Waals surface area (Å²) in [4.78, 5) is 31.5. The van der Waals surface area contributed by atoms with Gasteiger partial charge < -0.3 is 30.3 Å². The van der Waals surface area contributed by atoms with Gasteiger partial charge in [0.15, 0.2) is 0 Å². The van der Waals surface area contributed by atoms with Crippen molar-refractivity contribution in [3.63, 3.8) is 0 Å². The van der Waals surface area contributed by atoms with Crippen molar-refractivity contribution in [2.45, 2.75) is 115 Å². The average molecular weight is 487 g/mol. The van der Waals surface area contributed by atoms with Crippen molar-refractivity contribution in [2.75, 3.05) is 21.1 Å². The lowest BCUT2D eigenvalue weighted by molar-refractivity contribution is -0.889. The predicted octanol–water partition coefficient (Wildman–Crippen LogP) is 3.16. The number of nitrogens with two attached hydrogens (primary N) is 1. The molecule has 8 heteroatoms. The molecule has 34 heavy (non-hydrogen) atoms. The van der Waals surface area contributed by atoms with E-state index in [0.29, 0.717) is 23.7 Å². The summed E-state index contributed by atoms with van der Waals surface area (Å²) >= 11 is 0. The van der Waals surface area contributed by atoms with E-state index in [-0.39, 0.29) is 24.5 Å². The number of aliphatic hydroxyl groups excluding tert-OH is 1. The number of carbonyl (C=O) groups is 3. The fourth-order valence-corrected chi connectivity index (χ4v) is 3.51. The minimum atomic E-state index is -0.945. The van der Waals surface area contributed by atoms with E-state index in [1.807, 2.05) is 34.1 Å². The Kier molecular flexibility index (Phi) is 21.7. The molecule has 0 saturated carbocycles. The molecule has 0 aromatic heterocycles. The number of quaternary nitrogens is 1. The van der Waals surface area contributed by atoms with Gasteiger partial charge in [-0.05, 0) is 38.5 Å². The largest absolute Gasteiger partial charge is 0.544 e. The summed E-state index contributed by atoms with van der Waals surface area (Å²) in [7, 11) is 5.61. The molecule has 1 amide bonds. The maximum absolute atomic E-state index is 10.6. The smallest absolute Gasteiger partial charge is 0.303 e. The van der Waals surface area contributed by atoms with Crippen LogP contribution in [0.2, 0.25) is 0 Å². The zero-order chi connectivity index (χ0) is 26.4. The van der Waals surface area contributed by atoms with Crippen LogP contribution in [-0.4, -0.2) is 65.8 Å². The summed E-state index contributed by atoms with van der Waals surface area (Å²) in [6, 6.07) is -0.375. The van der Waals surface area contributed by atoms with Crippen LogP contribution >= 0.6 is 0 Å². The first-order valence-corrected chi connectivity index (χ1v) is 12.8. The summed E-state index contributed by atoms with van der Waals surface area (Å²) in [5.74, 6) is -1.91. The zero-order valence-electron chi connectivity index (χ0n) is 22.0. The normalized spacial score (nSPS) is 13.2. The topological polar surface area (TPSA) is 141 Å². The van der Waals surface area contributed by atoms with Crippen LogP contribution in [0.15, 0.2) is 12.2 Å². The molecule has 0 aliphatic heterocycles. The fraction of sp³-hybridized carbons (Fsp3) is 0.808. The molecule has 0 fully saturated rings. The number of carbonyl (C=O) groups excluding carboxylic acids is 2. The molecule has 4 N–H and O–H groups in total. The van der Waals surface area contributed by atoms with Gasteiger partial charge in [-0.3, -0.25) is 9.59 Å². The molecule has 0 radical (unpaired) electrons. The van der Waals surface area contributed by atoms with Crippen LogP contribution in [0, 0.1) is 0 Å². The Hall–Kier alpha value is -1.93. The Balaban J connectivity index is 0. The highest BCUT2D eigenvalue weighted by Crippen LogP contribution is 2.11. The maximum Gasteiger partial charge on any atom is 0.303 e. The highest BCUT2D eigenvalue weighted by molar-refractivity contribution is 5.73. The van der Waals surface area contributed by atoms with E-state index in [2.05, 4.69) is 6.08 Å². The third kappa shape index (κ3) is 24.7. The minimum absolute atomic E-state index is 0.254. The fourth-order valence-electron chi connectivity index (χ4n) is 3.51. The Morgan fingerprint density at radius 1 is 0.882 bits per heavy atom. The number of carboxylic acids is 2. The average Bonchev–Trinajstić information content (AvgIpc) is 2.72. The van der Waals surface area contributed by atoms with Crippen molar-refractivity contribution in [3.8, 4) is 0 Å². The van der Waals surface area contributed by atoms with Gasteiger partial charge in [-0.2, -0.15) is 0 Å². The monoisotopic (exact) mass is 486 g/mol. The van der Waals surface area contributed by atoms with E-state index < -0.39 is 11.9 Å². The van der Waals surface area contributed by atoms with Gasteiger partial charge >= 0.3 is 5.97 Å². The molecular formula is C26H50N2O6. The molecule has 2 atom stereocenters. The van der Waals surface area contributed by atoms with Crippen LogP contribution in [0.5, 0.6) is 0 Å². The number of amides is 1. The number of aliphatic hydroxyl groups is 1. The number of hydrogen-bond donors (Lipinski definition) is 3. The quantitative estimate of drug-likeness (QED) is 0.137. The number of unbranched alkanes of at least 4 members (excludes halogenated alkanes) is 7. The Morgan fingerprint density at radius 2 is 1.44 bits per heavy atom. The van der Waals surface area contributed by atoms with Crippen LogP contribution in [0.1, 0.15) is 103 Å². The van der Waals surface area contributed by atoms with E-state index in [4.69, 9.17) is 10.8 Å². The van der Waals surface area contributed by atoms with Crippen molar-refractivity contribution in [2.24, 2.45) is 5.73 Å². The summed E-state index contributed by atoms with van der Waals surface area (Å²) in [5, 5.41) is 28.9. The molecule has 0 spiro atoms. The number of nitrogens with zero attached hydrogens (tertiary/aromatic N) is 1. The van der Waals surface area contributed by atoms with Crippen molar-refractivity contribution < 1.29 is 34.2 Å². The Morgan fingerprint density at radius 3 is 1.94 bits per heavy atom. The number of carboxylic acid groups (broad SMARTS) is 2. The Bertz CT molecular complexity index is 572. The molecule has 0 aromatic carbocycles. The summed E-state index contributed by atoms with van der Waals surface area (Å²) in [5.41, 5.74) is 5.06. The van der Waals surface area contributed by atoms with Crippen LogP contribution in [0.3, 0.4) is 0 Å². The molecule has 0 rings (SSSR count). The van der Waals surface area contributed by atoms with Gasteiger partial charge in [0.1, 0.15) is 6.04 Å². The lowest BCUT2D eigenvalue weighted by Gasteiger charge is -2.34. The second kappa shape index (κ2) is 21.6. The first-order valence-electron chi connectivity index (χ1n) is 12.8. The standard InChI is InChI=1S/C18H33NO4.C8H17NO2/c19-17(21)14-10-7-9-13-16(20)12-8-5-3-1-2-4-6-11-15-18(22)23;1-5-6-7(8(10)11)9(2,3)4/h5,8,16,20H,1-4,6-7,9-15H2,(H2,19,21)(H,22,23);7H,5-6H2,1-4H3/b8-5-;/t16-;/m0./s1. The van der Waals surface area contributed by atoms with Gasteiger partial charge in [0, 0.05) is 19.3 Å². The molecule has 200 valence electrons. The van der Waals surface area contributed by atoms with Gasteiger partial charge in [0.2, 0.25) is 5.91 Å². The van der Waals surface area contributed by atoms with Crippen molar-refractivity contribution in [1.82, 2.24) is 0 Å². The number of primary amides is 1. The summed E-state index contributed by atoms with van der Waals surface area (Å²) < 4.78 is 0.441. The molecule has 0 aliphatic rings. The summed E-state index contributed by atoms with van der Waals surface area (Å²) in [6.07, 6.45) is 16.4. The third-order valence-electron chi connectivity index (χ3n) is 5.57. The van der Waals surface area contributed by atoms with Gasteiger partial charge in [-0.15, -0.1) is 0 Å². The highest BCUT2D eigenvalue weighted by atomic mass is 16.4. The SMILES string of the molecule is CCCC(C(=O)[O-])[N+](C)(C)C.NC(=O)CCCCC[C@@H](O)C/C=C\CCCCCCCC(=O)O. The number of likely N-dealkylation sites (N-methyl/N-ethyl adjacent to an activating group) is 1. The van der Waals surface area contributed by atoms with Crippen LogP contribution in [0.4, 0.5) is 0 Å². The second-order valence-electron chi connectivity index (χ2n) is 9.87. The summed E-state index contributed by atoms with van der Waals surface area (Å²) in [6.45, 7) is 1.98. The number of hydrogen-bond acceptors (Lipinski definition) is 5. The van der Waals surface area contributed by atoms with Gasteiger partial charge in [0.05, 0.1) is 33.2 Å². The molecule has 1 unspecified atom stereocenters. The number of aliphatic carboxylic acids is 2. The van der Waals surface area contributed by atoms with Gasteiger partial charge in [0.25, 0.3) is 0 Å². The molecule has 0 aromatic rings. The first kappa shape index (κ1) is 34.2.